The van der Waals surface area contributed by atoms with E-state index in [1.807, 2.05) is 25.1 Å². The molecule has 1 aromatic heterocycles. The van der Waals surface area contributed by atoms with Gasteiger partial charge in [-0.3, -0.25) is 10.1 Å². The number of fused-ring (bicyclic) bond motifs is 1. The number of hydrogen-bond acceptors (Lipinski definition) is 9. The van der Waals surface area contributed by atoms with Gasteiger partial charge >= 0.3 is 6.03 Å². The zero-order valence-corrected chi connectivity index (χ0v) is 18.1. The van der Waals surface area contributed by atoms with Crippen LogP contribution in [0.15, 0.2) is 41.6 Å². The standard InChI is InChI=1S/C20H20N6O5S/c1-12-3-5-15(29-2)14(9-12)26-20(23-24-25-26)32-11-18(27)22-19(28)21-13-4-6-16-17(10-13)31-8-7-30-16/h3-6,9-10H,7-8,11H2,1-2H3,(H2,21,22,27,28). The average Bonchev–Trinajstić information content (AvgIpc) is 3.26. The number of tetrazole rings is 1. The van der Waals surface area contributed by atoms with Crippen molar-refractivity contribution in [1.29, 1.82) is 0 Å². The van der Waals surface area contributed by atoms with E-state index in [0.29, 0.717) is 47.0 Å². The monoisotopic (exact) mass is 456 g/mol. The SMILES string of the molecule is COc1ccc(C)cc1-n1nnnc1SCC(=O)NC(=O)Nc1ccc2c(c1)OCCO2. The normalized spacial score (nSPS) is 12.2. The van der Waals surface area contributed by atoms with Gasteiger partial charge in [0.25, 0.3) is 0 Å². The number of amides is 3. The number of rotatable bonds is 6. The minimum Gasteiger partial charge on any atom is -0.494 e. The lowest BCUT2D eigenvalue weighted by Gasteiger charge is -2.19. The van der Waals surface area contributed by atoms with Gasteiger partial charge in [-0.05, 0) is 47.2 Å². The molecule has 0 bridgehead atoms. The third-order valence-corrected chi connectivity index (χ3v) is 5.31. The summed E-state index contributed by atoms with van der Waals surface area (Å²) < 4.78 is 17.8. The molecule has 2 aromatic carbocycles. The first-order valence-electron chi connectivity index (χ1n) is 9.60. The number of benzene rings is 2. The fourth-order valence-corrected chi connectivity index (χ4v) is 3.65. The first-order chi connectivity index (χ1) is 15.5. The summed E-state index contributed by atoms with van der Waals surface area (Å²) in [4.78, 5) is 24.4. The number of ether oxygens (including phenoxy) is 3. The van der Waals surface area contributed by atoms with Crippen molar-refractivity contribution in [1.82, 2.24) is 25.5 Å². The molecule has 166 valence electrons. The molecule has 1 aliphatic heterocycles. The molecule has 0 aliphatic carbocycles. The van der Waals surface area contributed by atoms with Gasteiger partial charge in [0.05, 0.1) is 12.9 Å². The highest BCUT2D eigenvalue weighted by atomic mass is 32.2. The summed E-state index contributed by atoms with van der Waals surface area (Å²) in [6.45, 7) is 2.85. The van der Waals surface area contributed by atoms with Crippen molar-refractivity contribution in [2.75, 3.05) is 31.4 Å². The summed E-state index contributed by atoms with van der Waals surface area (Å²) in [7, 11) is 1.55. The van der Waals surface area contributed by atoms with Gasteiger partial charge in [0.1, 0.15) is 24.7 Å². The van der Waals surface area contributed by atoms with E-state index in [0.717, 1.165) is 17.3 Å². The molecule has 2 heterocycles. The number of methoxy groups -OCH3 is 1. The third-order valence-electron chi connectivity index (χ3n) is 4.39. The van der Waals surface area contributed by atoms with Crippen molar-refractivity contribution in [3.8, 4) is 22.9 Å². The van der Waals surface area contributed by atoms with E-state index in [2.05, 4.69) is 26.2 Å². The summed E-state index contributed by atoms with van der Waals surface area (Å²) in [5, 5.41) is 16.9. The summed E-state index contributed by atoms with van der Waals surface area (Å²) in [5.41, 5.74) is 2.13. The van der Waals surface area contributed by atoms with Crippen molar-refractivity contribution in [3.63, 3.8) is 0 Å². The number of thioether (sulfide) groups is 1. The van der Waals surface area contributed by atoms with Crippen molar-refractivity contribution in [2.45, 2.75) is 12.1 Å². The molecule has 0 radical (unpaired) electrons. The van der Waals surface area contributed by atoms with Crippen molar-refractivity contribution >= 4 is 29.4 Å². The number of imide groups is 1. The van der Waals surface area contributed by atoms with E-state index in [1.54, 1.807) is 25.3 Å². The van der Waals surface area contributed by atoms with Crippen molar-refractivity contribution in [2.24, 2.45) is 0 Å². The van der Waals surface area contributed by atoms with Gasteiger partial charge in [0.15, 0.2) is 11.5 Å². The summed E-state index contributed by atoms with van der Waals surface area (Å²) in [6.07, 6.45) is 0. The number of nitrogens with one attached hydrogen (secondary N) is 2. The van der Waals surface area contributed by atoms with Crippen LogP contribution in [0.3, 0.4) is 0 Å². The second kappa shape index (κ2) is 9.56. The Bertz CT molecular complexity index is 1150. The maximum atomic E-state index is 12.3. The number of aryl methyl sites for hydroxylation is 1. The summed E-state index contributed by atoms with van der Waals surface area (Å²) in [5.74, 6) is 1.17. The van der Waals surface area contributed by atoms with Gasteiger partial charge < -0.3 is 19.5 Å². The van der Waals surface area contributed by atoms with E-state index >= 15 is 0 Å². The van der Waals surface area contributed by atoms with E-state index in [1.165, 1.54) is 4.68 Å². The van der Waals surface area contributed by atoms with Gasteiger partial charge in [-0.15, -0.1) is 5.10 Å². The topological polar surface area (TPSA) is 129 Å². The molecule has 0 fully saturated rings. The fraction of sp³-hybridized carbons (Fsp3) is 0.250. The molecule has 0 saturated carbocycles. The molecule has 0 atom stereocenters. The number of anilines is 1. The molecule has 32 heavy (non-hydrogen) atoms. The predicted molar refractivity (Wildman–Crippen MR) is 116 cm³/mol. The molecule has 2 N–H and O–H groups in total. The Morgan fingerprint density at radius 2 is 1.97 bits per heavy atom. The number of carbonyl (C=O) groups excluding carboxylic acids is 2. The Kier molecular flexibility index (Phi) is 6.40. The first-order valence-corrected chi connectivity index (χ1v) is 10.6. The van der Waals surface area contributed by atoms with Crippen LogP contribution in [-0.2, 0) is 4.79 Å². The van der Waals surface area contributed by atoms with Crippen LogP contribution >= 0.6 is 11.8 Å². The minimum absolute atomic E-state index is 0.0664. The Morgan fingerprint density at radius 3 is 2.78 bits per heavy atom. The van der Waals surface area contributed by atoms with E-state index in [-0.39, 0.29) is 5.75 Å². The molecule has 3 amide bonds. The maximum absolute atomic E-state index is 12.3. The molecule has 0 saturated heterocycles. The van der Waals surface area contributed by atoms with Gasteiger partial charge in [-0.1, -0.05) is 17.8 Å². The predicted octanol–water partition coefficient (Wildman–Crippen LogP) is 2.19. The zero-order chi connectivity index (χ0) is 22.5. The van der Waals surface area contributed by atoms with Crippen LogP contribution in [-0.4, -0.2) is 58.2 Å². The third kappa shape index (κ3) is 4.91. The number of urea groups is 1. The molecule has 0 spiro atoms. The number of carbonyl (C=O) groups is 2. The largest absolute Gasteiger partial charge is 0.494 e. The zero-order valence-electron chi connectivity index (χ0n) is 17.3. The van der Waals surface area contributed by atoms with E-state index in [9.17, 15) is 9.59 Å². The smallest absolute Gasteiger partial charge is 0.325 e. The Labute approximate surface area is 187 Å². The van der Waals surface area contributed by atoms with E-state index in [4.69, 9.17) is 14.2 Å². The van der Waals surface area contributed by atoms with Crippen LogP contribution in [0.1, 0.15) is 5.56 Å². The molecular formula is C20H20N6O5S. The first kappa shape index (κ1) is 21.4. The maximum Gasteiger partial charge on any atom is 0.325 e. The van der Waals surface area contributed by atoms with Crippen LogP contribution < -0.4 is 24.8 Å². The van der Waals surface area contributed by atoms with Gasteiger partial charge in [0.2, 0.25) is 11.1 Å². The molecular weight excluding hydrogens is 436 g/mol. The van der Waals surface area contributed by atoms with Crippen LogP contribution in [0, 0.1) is 6.92 Å². The van der Waals surface area contributed by atoms with Crippen LogP contribution in [0.5, 0.6) is 17.2 Å². The molecule has 4 rings (SSSR count). The second-order valence-electron chi connectivity index (χ2n) is 6.70. The Morgan fingerprint density at radius 1 is 1.16 bits per heavy atom. The number of aromatic nitrogens is 4. The number of nitrogens with zero attached hydrogens (tertiary/aromatic N) is 4. The van der Waals surface area contributed by atoms with E-state index < -0.39 is 11.9 Å². The lowest BCUT2D eigenvalue weighted by molar-refractivity contribution is -0.117. The molecule has 3 aromatic rings. The summed E-state index contributed by atoms with van der Waals surface area (Å²) in [6, 6.07) is 9.93. The van der Waals surface area contributed by atoms with Crippen LogP contribution in [0.2, 0.25) is 0 Å². The Hall–Kier alpha value is -3.80. The van der Waals surface area contributed by atoms with Crippen molar-refractivity contribution < 1.29 is 23.8 Å². The lowest BCUT2D eigenvalue weighted by Crippen LogP contribution is -2.35. The fourth-order valence-electron chi connectivity index (χ4n) is 2.96. The van der Waals surface area contributed by atoms with Gasteiger partial charge in [0, 0.05) is 11.8 Å². The highest BCUT2D eigenvalue weighted by molar-refractivity contribution is 7.99. The molecule has 1 aliphatic rings. The van der Waals surface area contributed by atoms with Crippen LogP contribution in [0.4, 0.5) is 10.5 Å². The second-order valence-corrected chi connectivity index (χ2v) is 7.64. The van der Waals surface area contributed by atoms with Crippen molar-refractivity contribution in [3.05, 3.63) is 42.0 Å². The van der Waals surface area contributed by atoms with Gasteiger partial charge in [-0.2, -0.15) is 4.68 Å². The minimum atomic E-state index is -0.660. The van der Waals surface area contributed by atoms with Crippen LogP contribution in [0.25, 0.3) is 5.69 Å². The highest BCUT2D eigenvalue weighted by Crippen LogP contribution is 2.32. The quantitative estimate of drug-likeness (QED) is 0.536. The molecule has 12 heteroatoms. The number of hydrogen-bond donors (Lipinski definition) is 2. The Balaban J connectivity index is 1.35. The lowest BCUT2D eigenvalue weighted by atomic mass is 10.2. The highest BCUT2D eigenvalue weighted by Gasteiger charge is 2.17. The summed E-state index contributed by atoms with van der Waals surface area (Å²) >= 11 is 1.09. The van der Waals surface area contributed by atoms with Gasteiger partial charge in [-0.25, -0.2) is 4.79 Å². The molecule has 11 nitrogen and oxygen atoms in total. The average molecular weight is 456 g/mol. The molecule has 0 unspecified atom stereocenters.